The van der Waals surface area contributed by atoms with Crippen molar-refractivity contribution in [1.82, 2.24) is 14.5 Å². The lowest BCUT2D eigenvalue weighted by Crippen LogP contribution is -2.12. The molecule has 6 nitrogen and oxygen atoms in total. The molecule has 7 heteroatoms. The molecule has 0 radical (unpaired) electrons. The predicted molar refractivity (Wildman–Crippen MR) is 120 cm³/mol. The Morgan fingerprint density at radius 2 is 1.79 bits per heavy atom. The van der Waals surface area contributed by atoms with Gasteiger partial charge >= 0.3 is 0 Å². The summed E-state index contributed by atoms with van der Waals surface area (Å²) in [5, 5.41) is 0. The first-order chi connectivity index (χ1) is 13.6. The van der Waals surface area contributed by atoms with Crippen LogP contribution in [0.4, 0.5) is 5.82 Å². The van der Waals surface area contributed by atoms with Gasteiger partial charge in [-0.05, 0) is 44.7 Å². The third-order valence-electron chi connectivity index (χ3n) is 4.97. The standard InChI is InChI=1S/C22H30N4O2.ClH/c1-4-27-15-19-25-20-21(16(2)17(3)24-22(20)23)26(19)12-14-28-13-8-11-18-9-6-5-7-10-18;/h5-7,9-10H,4,8,11-15H2,1-3H3,(H2,23,24);1H. The number of pyridine rings is 1. The number of ether oxygens (including phenoxy) is 2. The maximum absolute atomic E-state index is 6.13. The van der Waals surface area contributed by atoms with Gasteiger partial charge in [-0.2, -0.15) is 0 Å². The van der Waals surface area contributed by atoms with E-state index in [4.69, 9.17) is 20.2 Å². The maximum atomic E-state index is 6.13. The smallest absolute Gasteiger partial charge is 0.151 e. The van der Waals surface area contributed by atoms with Crippen molar-refractivity contribution in [2.45, 2.75) is 46.8 Å². The molecule has 3 aromatic rings. The quantitative estimate of drug-likeness (QED) is 0.498. The molecule has 0 unspecified atom stereocenters. The first-order valence-electron chi connectivity index (χ1n) is 9.93. The minimum Gasteiger partial charge on any atom is -0.382 e. The SMILES string of the molecule is CCOCc1nc2c(N)nc(C)c(C)c2n1CCOCCCc1ccccc1.Cl. The van der Waals surface area contributed by atoms with Crippen LogP contribution in [-0.2, 0) is 29.0 Å². The number of aromatic nitrogens is 3. The third kappa shape index (κ3) is 5.69. The van der Waals surface area contributed by atoms with Crippen LogP contribution in [0.1, 0.15) is 36.0 Å². The zero-order chi connectivity index (χ0) is 19.9. The van der Waals surface area contributed by atoms with Gasteiger partial charge in [0.25, 0.3) is 0 Å². The van der Waals surface area contributed by atoms with E-state index >= 15 is 0 Å². The number of hydrogen-bond acceptors (Lipinski definition) is 5. The fourth-order valence-electron chi connectivity index (χ4n) is 3.37. The topological polar surface area (TPSA) is 75.2 Å². The molecule has 2 N–H and O–H groups in total. The fraction of sp³-hybridized carbons (Fsp3) is 0.455. The number of nitrogens with two attached hydrogens (primary N) is 1. The van der Waals surface area contributed by atoms with Crippen molar-refractivity contribution in [3.63, 3.8) is 0 Å². The lowest BCUT2D eigenvalue weighted by Gasteiger charge is -2.12. The van der Waals surface area contributed by atoms with Crippen LogP contribution in [0.5, 0.6) is 0 Å². The van der Waals surface area contributed by atoms with E-state index in [9.17, 15) is 0 Å². The molecule has 0 amide bonds. The normalized spacial score (nSPS) is 11.0. The first kappa shape index (κ1) is 23.1. The van der Waals surface area contributed by atoms with Crippen LogP contribution in [0, 0.1) is 13.8 Å². The minimum atomic E-state index is 0. The highest BCUT2D eigenvalue weighted by molar-refractivity contribution is 5.88. The molecule has 3 rings (SSSR count). The van der Waals surface area contributed by atoms with Crippen molar-refractivity contribution in [2.24, 2.45) is 0 Å². The van der Waals surface area contributed by atoms with Crippen LogP contribution in [0.25, 0.3) is 11.0 Å². The number of aryl methyl sites for hydroxylation is 3. The van der Waals surface area contributed by atoms with Gasteiger partial charge < -0.3 is 19.8 Å². The molecule has 0 aliphatic heterocycles. The molecule has 0 saturated carbocycles. The molecule has 0 aliphatic rings. The molecule has 2 heterocycles. The number of fused-ring (bicyclic) bond motifs is 1. The summed E-state index contributed by atoms with van der Waals surface area (Å²) in [5.74, 6) is 1.34. The van der Waals surface area contributed by atoms with Crippen molar-refractivity contribution in [3.05, 3.63) is 53.0 Å². The molecule has 0 saturated heterocycles. The molecule has 0 fully saturated rings. The van der Waals surface area contributed by atoms with Crippen molar-refractivity contribution >= 4 is 29.3 Å². The Morgan fingerprint density at radius 1 is 1.03 bits per heavy atom. The van der Waals surface area contributed by atoms with E-state index in [1.807, 2.05) is 19.9 Å². The van der Waals surface area contributed by atoms with Gasteiger partial charge in [-0.25, -0.2) is 9.97 Å². The molecular formula is C22H31ClN4O2. The Morgan fingerprint density at radius 3 is 2.52 bits per heavy atom. The summed E-state index contributed by atoms with van der Waals surface area (Å²) < 4.78 is 13.7. The average molecular weight is 419 g/mol. The van der Waals surface area contributed by atoms with Gasteiger partial charge in [-0.15, -0.1) is 12.4 Å². The summed E-state index contributed by atoms with van der Waals surface area (Å²) in [6.45, 7) is 9.20. The third-order valence-corrected chi connectivity index (χ3v) is 4.97. The van der Waals surface area contributed by atoms with Crippen LogP contribution < -0.4 is 5.73 Å². The van der Waals surface area contributed by atoms with Gasteiger partial charge in [-0.3, -0.25) is 0 Å². The monoisotopic (exact) mass is 418 g/mol. The predicted octanol–water partition coefficient (Wildman–Crippen LogP) is 4.24. The Labute approximate surface area is 178 Å². The highest BCUT2D eigenvalue weighted by atomic mass is 35.5. The Hall–Kier alpha value is -2.15. The van der Waals surface area contributed by atoms with E-state index < -0.39 is 0 Å². The van der Waals surface area contributed by atoms with E-state index in [0.717, 1.165) is 47.6 Å². The van der Waals surface area contributed by atoms with Gasteiger partial charge in [0.15, 0.2) is 5.82 Å². The highest BCUT2D eigenvalue weighted by Crippen LogP contribution is 2.26. The summed E-state index contributed by atoms with van der Waals surface area (Å²) in [5.41, 5.74) is 11.3. The van der Waals surface area contributed by atoms with Crippen LogP contribution in [0.2, 0.25) is 0 Å². The number of halogens is 1. The lowest BCUT2D eigenvalue weighted by molar-refractivity contribution is 0.112. The van der Waals surface area contributed by atoms with Crippen molar-refractivity contribution in [3.8, 4) is 0 Å². The molecule has 0 bridgehead atoms. The van der Waals surface area contributed by atoms with Crippen molar-refractivity contribution < 1.29 is 9.47 Å². The maximum Gasteiger partial charge on any atom is 0.151 e. The summed E-state index contributed by atoms with van der Waals surface area (Å²) in [6.07, 6.45) is 2.04. The molecule has 2 aromatic heterocycles. The summed E-state index contributed by atoms with van der Waals surface area (Å²) >= 11 is 0. The van der Waals surface area contributed by atoms with Crippen molar-refractivity contribution in [1.29, 1.82) is 0 Å². The van der Waals surface area contributed by atoms with Gasteiger partial charge in [0.1, 0.15) is 17.9 Å². The zero-order valence-electron chi connectivity index (χ0n) is 17.5. The van der Waals surface area contributed by atoms with Gasteiger partial charge in [0.05, 0.1) is 12.1 Å². The number of hydrogen-bond donors (Lipinski definition) is 1. The van der Waals surface area contributed by atoms with E-state index in [2.05, 4.69) is 40.7 Å². The van der Waals surface area contributed by atoms with E-state index in [-0.39, 0.29) is 12.4 Å². The van der Waals surface area contributed by atoms with Crippen LogP contribution in [-0.4, -0.2) is 34.4 Å². The molecular weight excluding hydrogens is 388 g/mol. The Bertz CT molecular complexity index is 912. The molecule has 158 valence electrons. The number of rotatable bonds is 10. The van der Waals surface area contributed by atoms with Gasteiger partial charge in [0.2, 0.25) is 0 Å². The second-order valence-electron chi connectivity index (χ2n) is 6.92. The highest BCUT2D eigenvalue weighted by Gasteiger charge is 2.17. The van der Waals surface area contributed by atoms with E-state index in [1.165, 1.54) is 5.56 Å². The second-order valence-corrected chi connectivity index (χ2v) is 6.92. The van der Waals surface area contributed by atoms with Crippen LogP contribution in [0.15, 0.2) is 30.3 Å². The Balaban J connectivity index is 0.00000300. The molecule has 29 heavy (non-hydrogen) atoms. The largest absolute Gasteiger partial charge is 0.382 e. The van der Waals surface area contributed by atoms with E-state index in [1.54, 1.807) is 0 Å². The van der Waals surface area contributed by atoms with Crippen LogP contribution >= 0.6 is 12.4 Å². The Kier molecular flexibility index (Phi) is 8.89. The van der Waals surface area contributed by atoms with Crippen LogP contribution in [0.3, 0.4) is 0 Å². The first-order valence-corrected chi connectivity index (χ1v) is 9.93. The zero-order valence-corrected chi connectivity index (χ0v) is 18.3. The fourth-order valence-corrected chi connectivity index (χ4v) is 3.37. The minimum absolute atomic E-state index is 0. The number of benzene rings is 1. The second kappa shape index (κ2) is 11.1. The molecule has 1 aromatic carbocycles. The summed E-state index contributed by atoms with van der Waals surface area (Å²) in [6, 6.07) is 10.5. The summed E-state index contributed by atoms with van der Waals surface area (Å²) in [4.78, 5) is 9.12. The number of anilines is 1. The van der Waals surface area contributed by atoms with Crippen molar-refractivity contribution in [2.75, 3.05) is 25.6 Å². The molecule has 0 aliphatic carbocycles. The average Bonchev–Trinajstić information content (AvgIpc) is 3.07. The molecule has 0 spiro atoms. The van der Waals surface area contributed by atoms with E-state index in [0.29, 0.717) is 32.2 Å². The van der Waals surface area contributed by atoms with Gasteiger partial charge in [0, 0.05) is 25.5 Å². The number of nitrogen functional groups attached to an aromatic ring is 1. The molecule has 0 atom stereocenters. The number of nitrogens with zero attached hydrogens (tertiary/aromatic N) is 3. The lowest BCUT2D eigenvalue weighted by atomic mass is 10.1. The summed E-state index contributed by atoms with van der Waals surface area (Å²) in [7, 11) is 0. The number of imidazole rings is 1. The van der Waals surface area contributed by atoms with Gasteiger partial charge in [-0.1, -0.05) is 30.3 Å².